The van der Waals surface area contributed by atoms with Crippen LogP contribution in [0.4, 0.5) is 0 Å². The molecule has 0 bridgehead atoms. The van der Waals surface area contributed by atoms with Crippen molar-refractivity contribution in [1.82, 2.24) is 0 Å². The summed E-state index contributed by atoms with van der Waals surface area (Å²) in [4.78, 5) is 4.74. The van der Waals surface area contributed by atoms with Crippen LogP contribution in [0.3, 0.4) is 0 Å². The van der Waals surface area contributed by atoms with Crippen LogP contribution in [0, 0.1) is 5.21 Å². The van der Waals surface area contributed by atoms with Gasteiger partial charge in [-0.15, -0.1) is 3.99 Å². The molecule has 0 aromatic carbocycles. The fraction of sp³-hybridized carbons (Fsp3) is 1.00. The smallest absolute Gasteiger partial charge is 0.136 e. The molecule has 2 atom stereocenters. The van der Waals surface area contributed by atoms with Crippen LogP contribution >= 0.6 is 20.7 Å². The van der Waals surface area contributed by atoms with Crippen molar-refractivity contribution in [1.29, 1.82) is 0 Å². The third kappa shape index (κ3) is 2.06. The average Bonchev–Trinajstić information content (AvgIpc) is 1.90. The first-order chi connectivity index (χ1) is 4.27. The van der Waals surface area contributed by atoms with Gasteiger partial charge in [-0.25, -0.2) is 0 Å². The van der Waals surface area contributed by atoms with E-state index in [-0.39, 0.29) is 0 Å². The van der Waals surface area contributed by atoms with Crippen molar-refractivity contribution < 1.29 is 8.82 Å². The third-order valence-electron chi connectivity index (χ3n) is 1.13. The Bertz CT molecular complexity index is 96.6. The van der Waals surface area contributed by atoms with E-state index in [1.165, 1.54) is 19.1 Å². The fourth-order valence-electron chi connectivity index (χ4n) is 0.636. The van der Waals surface area contributed by atoms with Gasteiger partial charge in [0.05, 0.1) is 12.9 Å². The summed E-state index contributed by atoms with van der Waals surface area (Å²) >= 11 is 1.34. The number of hydrogen-bond acceptors (Lipinski definition) is 3. The molecule has 0 aromatic heterocycles. The van der Waals surface area contributed by atoms with E-state index in [0.29, 0.717) is 8.73 Å². The Kier molecular flexibility index (Phi) is 2.73. The van der Waals surface area contributed by atoms with Crippen molar-refractivity contribution in [2.75, 3.05) is 19.0 Å². The monoisotopic (exact) mass is 167 g/mol. The molecular formula is C4H10NO2PS. The minimum absolute atomic E-state index is 0.368. The lowest BCUT2D eigenvalue weighted by molar-refractivity contribution is -0.841. The summed E-state index contributed by atoms with van der Waals surface area (Å²) in [5.41, 5.74) is 0. The number of quaternary nitrogens is 1. The number of nitrogens with zero attached hydrogens (tertiary/aromatic N) is 1. The van der Waals surface area contributed by atoms with Crippen LogP contribution in [0.5, 0.6) is 0 Å². The van der Waals surface area contributed by atoms with Gasteiger partial charge in [0.25, 0.3) is 0 Å². The Morgan fingerprint density at radius 1 is 1.78 bits per heavy atom. The SMILES string of the molecule is CO[N+]1([O-])PCCCS1. The second kappa shape index (κ2) is 3.17. The van der Waals surface area contributed by atoms with E-state index < -0.39 is 3.99 Å². The maximum Gasteiger partial charge on any atom is 0.136 e. The van der Waals surface area contributed by atoms with Gasteiger partial charge in [0.1, 0.15) is 20.7 Å². The van der Waals surface area contributed by atoms with Gasteiger partial charge in [0.2, 0.25) is 0 Å². The second-order valence-electron chi connectivity index (χ2n) is 1.77. The highest BCUT2D eigenvalue weighted by atomic mass is 32.2. The minimum atomic E-state index is -0.486. The molecule has 0 saturated carbocycles. The lowest BCUT2D eigenvalue weighted by Gasteiger charge is -2.36. The first kappa shape index (κ1) is 7.76. The molecule has 1 heterocycles. The van der Waals surface area contributed by atoms with Crippen molar-refractivity contribution in [3.63, 3.8) is 0 Å². The Hall–Kier alpha value is 0.660. The molecule has 1 saturated heterocycles. The zero-order chi connectivity index (χ0) is 6.74. The quantitative estimate of drug-likeness (QED) is 0.337. The number of hydrogen-bond donors (Lipinski definition) is 0. The lowest BCUT2D eigenvalue weighted by atomic mass is 10.6. The molecule has 1 aliphatic heterocycles. The van der Waals surface area contributed by atoms with Gasteiger partial charge >= 0.3 is 0 Å². The third-order valence-corrected chi connectivity index (χ3v) is 4.01. The summed E-state index contributed by atoms with van der Waals surface area (Å²) in [5.74, 6) is 0.935. The summed E-state index contributed by atoms with van der Waals surface area (Å²) in [6, 6.07) is 0. The highest BCUT2D eigenvalue weighted by Crippen LogP contribution is 2.42. The van der Waals surface area contributed by atoms with Gasteiger partial charge in [-0.2, -0.15) is 4.84 Å². The Balaban J connectivity index is 2.37. The Morgan fingerprint density at radius 3 is 2.89 bits per heavy atom. The van der Waals surface area contributed by atoms with Crippen molar-refractivity contribution >= 4 is 20.7 Å². The van der Waals surface area contributed by atoms with Gasteiger partial charge in [-0.05, 0) is 6.42 Å². The molecule has 2 unspecified atom stereocenters. The van der Waals surface area contributed by atoms with E-state index >= 15 is 0 Å². The minimum Gasteiger partial charge on any atom is -0.585 e. The van der Waals surface area contributed by atoms with Crippen LogP contribution in [0.15, 0.2) is 0 Å². The molecule has 0 aromatic rings. The second-order valence-corrected chi connectivity index (χ2v) is 4.65. The van der Waals surface area contributed by atoms with Gasteiger partial charge in [-0.1, -0.05) is 0 Å². The first-order valence-electron chi connectivity index (χ1n) is 2.82. The van der Waals surface area contributed by atoms with E-state index in [2.05, 4.69) is 0 Å². The zero-order valence-electron chi connectivity index (χ0n) is 5.29. The van der Waals surface area contributed by atoms with Gasteiger partial charge in [0.15, 0.2) is 0 Å². The van der Waals surface area contributed by atoms with Gasteiger partial charge in [0, 0.05) is 6.16 Å². The van der Waals surface area contributed by atoms with Crippen LogP contribution in [-0.4, -0.2) is 23.0 Å². The van der Waals surface area contributed by atoms with Crippen molar-refractivity contribution in [3.05, 3.63) is 5.21 Å². The maximum absolute atomic E-state index is 11.2. The summed E-state index contributed by atoms with van der Waals surface area (Å²) in [6.45, 7) is 0. The molecule has 1 aliphatic rings. The van der Waals surface area contributed by atoms with Crippen LogP contribution in [0.1, 0.15) is 6.42 Å². The predicted molar refractivity (Wildman–Crippen MR) is 40.9 cm³/mol. The molecule has 0 spiro atoms. The molecule has 0 N–H and O–H groups in total. The molecule has 0 radical (unpaired) electrons. The molecule has 54 valence electrons. The topological polar surface area (TPSA) is 32.3 Å². The van der Waals surface area contributed by atoms with Crippen LogP contribution in [-0.2, 0) is 4.84 Å². The normalized spacial score (nSPS) is 39.3. The molecule has 1 fully saturated rings. The standard InChI is InChI=1S/C4H10NO2PS/c1-7-5(6)8-3-2-4-9-5/h8H,2-4H2,1H3. The highest BCUT2D eigenvalue weighted by Gasteiger charge is 2.23. The van der Waals surface area contributed by atoms with Crippen LogP contribution in [0.2, 0.25) is 0 Å². The zero-order valence-corrected chi connectivity index (χ0v) is 7.11. The van der Waals surface area contributed by atoms with E-state index in [4.69, 9.17) is 4.84 Å². The van der Waals surface area contributed by atoms with E-state index in [9.17, 15) is 5.21 Å². The van der Waals surface area contributed by atoms with Crippen molar-refractivity contribution in [2.24, 2.45) is 0 Å². The summed E-state index contributed by atoms with van der Waals surface area (Å²) < 4.78 is -0.486. The molecular weight excluding hydrogens is 157 g/mol. The van der Waals surface area contributed by atoms with E-state index in [0.717, 1.165) is 18.3 Å². The Morgan fingerprint density at radius 2 is 2.56 bits per heavy atom. The van der Waals surface area contributed by atoms with Gasteiger partial charge < -0.3 is 5.21 Å². The summed E-state index contributed by atoms with van der Waals surface area (Å²) in [7, 11) is 1.84. The number of rotatable bonds is 1. The van der Waals surface area contributed by atoms with Crippen LogP contribution < -0.4 is 0 Å². The highest BCUT2D eigenvalue weighted by molar-refractivity contribution is 7.96. The first-order valence-corrected chi connectivity index (χ1v) is 4.92. The molecule has 1 rings (SSSR count). The predicted octanol–water partition coefficient (Wildman–Crippen LogP) is 1.51. The fourth-order valence-corrected chi connectivity index (χ4v) is 3.16. The summed E-state index contributed by atoms with van der Waals surface area (Å²) in [5, 5.41) is 11.2. The molecule has 5 heteroatoms. The average molecular weight is 167 g/mol. The van der Waals surface area contributed by atoms with Crippen LogP contribution in [0.25, 0.3) is 0 Å². The largest absolute Gasteiger partial charge is 0.585 e. The van der Waals surface area contributed by atoms with Crippen molar-refractivity contribution in [2.45, 2.75) is 6.42 Å². The molecule has 0 aliphatic carbocycles. The summed E-state index contributed by atoms with van der Waals surface area (Å²) in [6.07, 6.45) is 2.18. The van der Waals surface area contributed by atoms with Gasteiger partial charge in [-0.3, -0.25) is 0 Å². The molecule has 3 nitrogen and oxygen atoms in total. The Labute approximate surface area is 60.8 Å². The van der Waals surface area contributed by atoms with E-state index in [1.54, 1.807) is 0 Å². The van der Waals surface area contributed by atoms with E-state index in [1.807, 2.05) is 0 Å². The lowest BCUT2D eigenvalue weighted by Crippen LogP contribution is -2.26. The van der Waals surface area contributed by atoms with Crippen molar-refractivity contribution in [3.8, 4) is 0 Å². The molecule has 9 heavy (non-hydrogen) atoms. The molecule has 0 amide bonds. The maximum atomic E-state index is 11.2.